The standard InChI is InChI=1S/C48H71N3O15/c1-28-15-16-37(52)29(2)22-34-17-20-59-26-36(50-63-19-12-14-35-13-10-11-18-49-35)27-60-38(30(3)44(34)66-47-43(56)40(51(6)7)41(54)31(4)64-47)23-39(53)61-24-33(21-28)25-62-48-46(58-9)45(57-8)42(55)32(5)65-48/h10-11,13,15-16,18,21,29-34,38,40-48,54-56H,17,19-20,22-27H2,1-9H3/b16-15+,28-21+,50-36+/t29-,30+,31-,32-,33+,34?,38-,40+,41-,42-,43-,44-,45-,46-,47+,48-/m1/s1. The molecule has 1 aromatic rings. The quantitative estimate of drug-likeness (QED) is 0.133. The number of carbonyl (C=O) groups excluding carboxylic acids is 2. The SMILES string of the molecule is CO[C@@H]1[C@H](O)[C@@H](C)O[C@@H](OC[C@H]2/C=C(C)/C=C/C(=O)[C@H](C)CC3CCOC/C(=N\OCC#Cc4ccccn4)CO[C@H](CC(=O)OC2)[C@H](C)[C@H]3O[C@@H]2O[C@H](C)[C@@H](O)[C@H](N(C)C)[C@H]2O)[C@@H]1OC. The second-order valence-corrected chi connectivity index (χ2v) is 17.9. The number of aliphatic hydroxyl groups excluding tert-OH is 3. The highest BCUT2D eigenvalue weighted by Gasteiger charge is 2.48. The molecule has 0 spiro atoms. The van der Waals surface area contributed by atoms with Crippen LogP contribution < -0.4 is 0 Å². The molecule has 4 aliphatic rings. The summed E-state index contributed by atoms with van der Waals surface area (Å²) in [5.41, 5.74) is 1.73. The molecule has 0 aromatic carbocycles. The van der Waals surface area contributed by atoms with Gasteiger partial charge < -0.3 is 67.7 Å². The predicted molar refractivity (Wildman–Crippen MR) is 240 cm³/mol. The fourth-order valence-corrected chi connectivity index (χ4v) is 8.82. The van der Waals surface area contributed by atoms with Crippen molar-refractivity contribution in [2.75, 3.05) is 68.0 Å². The summed E-state index contributed by atoms with van der Waals surface area (Å²) in [5.74, 6) is 3.22. The Bertz CT molecular complexity index is 1840. The van der Waals surface area contributed by atoms with Crippen LogP contribution in [0.1, 0.15) is 59.6 Å². The Kier molecular flexibility index (Phi) is 21.1. The smallest absolute Gasteiger partial charge is 0.308 e. The lowest BCUT2D eigenvalue weighted by molar-refractivity contribution is -0.305. The van der Waals surface area contributed by atoms with Gasteiger partial charge in [0.25, 0.3) is 0 Å². The lowest BCUT2D eigenvalue weighted by atomic mass is 9.79. The summed E-state index contributed by atoms with van der Waals surface area (Å²) >= 11 is 0. The molecule has 3 saturated heterocycles. The predicted octanol–water partition coefficient (Wildman–Crippen LogP) is 2.46. The summed E-state index contributed by atoms with van der Waals surface area (Å²) in [6.45, 7) is 9.13. The Hall–Kier alpha value is -3.68. The maximum absolute atomic E-state index is 14.1. The number of fused-ring (bicyclic) bond motifs is 3. The molecule has 4 aliphatic heterocycles. The topological polar surface area (TPSA) is 216 Å². The van der Waals surface area contributed by atoms with E-state index in [0.29, 0.717) is 24.2 Å². The Morgan fingerprint density at radius 1 is 0.924 bits per heavy atom. The average Bonchev–Trinajstić information content (AvgIpc) is 3.31. The molecule has 0 saturated carbocycles. The number of ether oxygens (including phenoxy) is 9. The van der Waals surface area contributed by atoms with Crippen molar-refractivity contribution in [2.24, 2.45) is 28.8 Å². The van der Waals surface area contributed by atoms with Gasteiger partial charge in [0, 0.05) is 44.8 Å². The molecule has 1 aromatic heterocycles. The first kappa shape index (κ1) is 53.3. The lowest BCUT2D eigenvalue weighted by Gasteiger charge is -2.47. The minimum atomic E-state index is -1.25. The Morgan fingerprint density at radius 3 is 2.38 bits per heavy atom. The minimum Gasteiger partial charge on any atom is -0.465 e. The second-order valence-electron chi connectivity index (χ2n) is 17.9. The molecule has 18 heteroatoms. The summed E-state index contributed by atoms with van der Waals surface area (Å²) < 4.78 is 55.1. The maximum atomic E-state index is 14.1. The van der Waals surface area contributed by atoms with E-state index in [1.54, 1.807) is 63.3 Å². The number of methoxy groups -OCH3 is 2. The maximum Gasteiger partial charge on any atom is 0.308 e. The number of oxime groups is 1. The largest absolute Gasteiger partial charge is 0.465 e. The van der Waals surface area contributed by atoms with Crippen molar-refractivity contribution in [1.82, 2.24) is 9.88 Å². The molecule has 18 nitrogen and oxygen atoms in total. The molecule has 0 aliphatic carbocycles. The molecule has 0 radical (unpaired) electrons. The molecule has 0 amide bonds. The third kappa shape index (κ3) is 14.9. The highest BCUT2D eigenvalue weighted by atomic mass is 16.7. The van der Waals surface area contributed by atoms with Gasteiger partial charge in [0.1, 0.15) is 35.8 Å². The molecule has 2 bridgehead atoms. The van der Waals surface area contributed by atoms with E-state index in [1.165, 1.54) is 14.2 Å². The number of likely N-dealkylation sites (N-methyl/N-ethyl adjacent to an activating group) is 1. The highest BCUT2D eigenvalue weighted by Crippen LogP contribution is 2.36. The summed E-state index contributed by atoms with van der Waals surface area (Å²) in [7, 11) is 6.48. The van der Waals surface area contributed by atoms with Gasteiger partial charge in [-0.05, 0) is 77.8 Å². The number of aliphatic hydroxyl groups is 3. The molecule has 66 heavy (non-hydrogen) atoms. The van der Waals surface area contributed by atoms with E-state index in [9.17, 15) is 24.9 Å². The minimum absolute atomic E-state index is 0.0251. The molecule has 368 valence electrons. The molecular formula is C48H71N3O15. The van der Waals surface area contributed by atoms with Crippen molar-refractivity contribution in [2.45, 2.75) is 127 Å². The van der Waals surface area contributed by atoms with Gasteiger partial charge >= 0.3 is 5.97 Å². The van der Waals surface area contributed by atoms with Crippen molar-refractivity contribution in [3.63, 3.8) is 0 Å². The highest BCUT2D eigenvalue weighted by molar-refractivity contribution is 5.91. The van der Waals surface area contributed by atoms with E-state index in [1.807, 2.05) is 32.9 Å². The van der Waals surface area contributed by atoms with Crippen molar-refractivity contribution in [1.29, 1.82) is 0 Å². The number of pyridine rings is 1. The first-order valence-corrected chi connectivity index (χ1v) is 22.8. The van der Waals surface area contributed by atoms with Crippen LogP contribution in [-0.4, -0.2) is 184 Å². The lowest BCUT2D eigenvalue weighted by Crippen LogP contribution is -2.63. The first-order chi connectivity index (χ1) is 31.6. The van der Waals surface area contributed by atoms with Gasteiger partial charge in [0.05, 0.1) is 69.4 Å². The zero-order chi connectivity index (χ0) is 47.9. The first-order valence-electron chi connectivity index (χ1n) is 22.8. The molecule has 1 unspecified atom stereocenters. The number of aromatic nitrogens is 1. The van der Waals surface area contributed by atoms with Gasteiger partial charge in [-0.3, -0.25) is 9.59 Å². The summed E-state index contributed by atoms with van der Waals surface area (Å²) in [6.07, 6.45) is -2.32. The van der Waals surface area contributed by atoms with Crippen molar-refractivity contribution < 1.29 is 72.4 Å². The Balaban J connectivity index is 1.46. The van der Waals surface area contributed by atoms with E-state index in [0.717, 1.165) is 5.57 Å². The zero-order valence-electron chi connectivity index (χ0n) is 39.7. The number of rotatable bonds is 10. The van der Waals surface area contributed by atoms with E-state index in [2.05, 4.69) is 22.0 Å². The van der Waals surface area contributed by atoms with Crippen LogP contribution in [0.25, 0.3) is 0 Å². The number of cyclic esters (lactones) is 1. The normalized spacial score (nSPS) is 38.6. The zero-order valence-corrected chi connectivity index (χ0v) is 39.7. The van der Waals surface area contributed by atoms with E-state index < -0.39 is 97.3 Å². The molecule has 3 fully saturated rings. The van der Waals surface area contributed by atoms with Crippen LogP contribution >= 0.6 is 0 Å². The van der Waals surface area contributed by atoms with Crippen LogP contribution in [0.2, 0.25) is 0 Å². The average molecular weight is 930 g/mol. The van der Waals surface area contributed by atoms with Crippen molar-refractivity contribution in [3.8, 4) is 11.8 Å². The van der Waals surface area contributed by atoms with Gasteiger partial charge in [0.2, 0.25) is 0 Å². The van der Waals surface area contributed by atoms with Gasteiger partial charge in [0.15, 0.2) is 25.0 Å². The molecule has 5 rings (SSSR count). The number of allylic oxidation sites excluding steroid dienone is 3. The number of ketones is 1. The number of hydrogen-bond donors (Lipinski definition) is 3. The third-order valence-electron chi connectivity index (χ3n) is 12.6. The van der Waals surface area contributed by atoms with Gasteiger partial charge in [-0.25, -0.2) is 4.98 Å². The fraction of sp³-hybridized carbons (Fsp3) is 0.708. The Morgan fingerprint density at radius 2 is 1.67 bits per heavy atom. The monoisotopic (exact) mass is 929 g/mol. The summed E-state index contributed by atoms with van der Waals surface area (Å²) in [4.78, 5) is 39.4. The van der Waals surface area contributed by atoms with E-state index in [-0.39, 0.29) is 57.8 Å². The van der Waals surface area contributed by atoms with Crippen LogP contribution in [0, 0.1) is 35.5 Å². The van der Waals surface area contributed by atoms with Crippen LogP contribution in [0.3, 0.4) is 0 Å². The summed E-state index contributed by atoms with van der Waals surface area (Å²) in [6, 6.07) is 4.72. The molecular weight excluding hydrogens is 859 g/mol. The van der Waals surface area contributed by atoms with Crippen LogP contribution in [0.4, 0.5) is 0 Å². The van der Waals surface area contributed by atoms with Crippen LogP contribution in [-0.2, 0) is 57.1 Å². The Labute approximate surface area is 388 Å². The van der Waals surface area contributed by atoms with Crippen molar-refractivity contribution >= 4 is 17.5 Å². The van der Waals surface area contributed by atoms with Gasteiger partial charge in [-0.1, -0.05) is 48.7 Å². The van der Waals surface area contributed by atoms with Crippen molar-refractivity contribution in [3.05, 3.63) is 53.9 Å². The fourth-order valence-electron chi connectivity index (χ4n) is 8.82. The third-order valence-corrected chi connectivity index (χ3v) is 12.6. The van der Waals surface area contributed by atoms with Crippen LogP contribution in [0.15, 0.2) is 53.4 Å². The second kappa shape index (κ2) is 26.2. The van der Waals surface area contributed by atoms with Gasteiger partial charge in [-0.15, -0.1) is 0 Å². The molecule has 3 N–H and O–H groups in total. The van der Waals surface area contributed by atoms with Gasteiger partial charge in [-0.2, -0.15) is 0 Å². The number of nitrogens with zero attached hydrogens (tertiary/aromatic N) is 3. The number of esters is 1. The van der Waals surface area contributed by atoms with E-state index >= 15 is 0 Å². The van der Waals surface area contributed by atoms with E-state index in [4.69, 9.17) is 47.5 Å². The van der Waals surface area contributed by atoms with Crippen LogP contribution in [0.5, 0.6) is 0 Å². The molecule has 16 atom stereocenters. The number of carbonyl (C=O) groups is 2. The summed E-state index contributed by atoms with van der Waals surface area (Å²) in [5, 5.41) is 37.7. The number of hydrogen-bond acceptors (Lipinski definition) is 18. The molecule has 5 heterocycles.